The first kappa shape index (κ1) is 21.3. The minimum Gasteiger partial charge on any atom is -0.493 e. The minimum absolute atomic E-state index is 0.0590. The number of nitrogens with zero attached hydrogens (tertiary/aromatic N) is 1. The van der Waals surface area contributed by atoms with Gasteiger partial charge in [-0.15, -0.1) is 0 Å². The average Bonchev–Trinajstić information content (AvgIpc) is 2.57. The number of nitrogens with one attached hydrogen (secondary N) is 1. The molecule has 0 aliphatic rings. The Morgan fingerprint density at radius 3 is 2.56 bits per heavy atom. The van der Waals surface area contributed by atoms with Gasteiger partial charge in [-0.1, -0.05) is 28.9 Å². The van der Waals surface area contributed by atoms with Gasteiger partial charge in [0.1, 0.15) is 12.7 Å². The molecule has 0 amide bonds. The molecular weight excluding hydrogens is 344 g/mol. The number of oxime groups is 1. The number of benzene rings is 1. The average molecular weight is 371 g/mol. The standard InChI is InChI=1S/C18H27ClN2O4/c1-18(2,3)20-11-14(22)12-25-21-17(19)9-7-13-6-8-15(23-4)16(10-13)24-5/h6-10,14,20,22H,11-12H2,1-5H3. The van der Waals surface area contributed by atoms with Gasteiger partial charge in [0.05, 0.1) is 14.2 Å². The van der Waals surface area contributed by atoms with Crippen molar-refractivity contribution >= 4 is 22.8 Å². The minimum atomic E-state index is -0.665. The highest BCUT2D eigenvalue weighted by Crippen LogP contribution is 2.27. The molecule has 1 rings (SSSR count). The summed E-state index contributed by atoms with van der Waals surface area (Å²) in [5.74, 6) is 1.28. The molecule has 0 radical (unpaired) electrons. The van der Waals surface area contributed by atoms with E-state index in [2.05, 4.69) is 10.5 Å². The van der Waals surface area contributed by atoms with Crippen molar-refractivity contribution in [1.82, 2.24) is 5.32 Å². The summed E-state index contributed by atoms with van der Waals surface area (Å²) in [6, 6.07) is 5.49. The fourth-order valence-corrected chi connectivity index (χ4v) is 1.93. The summed E-state index contributed by atoms with van der Waals surface area (Å²) in [5.41, 5.74) is 0.810. The van der Waals surface area contributed by atoms with Gasteiger partial charge >= 0.3 is 0 Å². The first-order valence-corrected chi connectivity index (χ1v) is 8.31. The van der Waals surface area contributed by atoms with Crippen LogP contribution in [-0.4, -0.2) is 49.3 Å². The van der Waals surface area contributed by atoms with Crippen molar-refractivity contribution in [1.29, 1.82) is 0 Å². The third-order valence-corrected chi connectivity index (χ3v) is 3.30. The van der Waals surface area contributed by atoms with E-state index in [1.54, 1.807) is 32.4 Å². The van der Waals surface area contributed by atoms with E-state index in [1.165, 1.54) is 0 Å². The molecule has 140 valence electrons. The molecule has 7 heteroatoms. The summed E-state index contributed by atoms with van der Waals surface area (Å²) in [6.45, 7) is 6.54. The number of β-amino-alcohol motifs (C(OH)–C–C–N with tert-alkyl or cyclic N) is 1. The predicted octanol–water partition coefficient (Wildman–Crippen LogP) is 3.03. The van der Waals surface area contributed by atoms with Crippen LogP contribution in [0.15, 0.2) is 29.4 Å². The molecule has 1 aromatic rings. The molecule has 6 nitrogen and oxygen atoms in total. The van der Waals surface area contributed by atoms with Crippen LogP contribution in [0.3, 0.4) is 0 Å². The lowest BCUT2D eigenvalue weighted by atomic mass is 10.1. The SMILES string of the molecule is COc1ccc(C=CC(Cl)=NOCC(O)CNC(C)(C)C)cc1OC. The predicted molar refractivity (Wildman–Crippen MR) is 102 cm³/mol. The maximum absolute atomic E-state index is 9.80. The largest absolute Gasteiger partial charge is 0.493 e. The van der Waals surface area contributed by atoms with E-state index < -0.39 is 6.10 Å². The Kier molecular flexibility index (Phi) is 8.75. The lowest BCUT2D eigenvalue weighted by Crippen LogP contribution is -2.42. The van der Waals surface area contributed by atoms with Crippen LogP contribution in [0.1, 0.15) is 26.3 Å². The van der Waals surface area contributed by atoms with Gasteiger partial charge in [0, 0.05) is 12.1 Å². The number of aliphatic hydroxyl groups excluding tert-OH is 1. The quantitative estimate of drug-likeness (QED) is 0.516. The number of hydrogen-bond donors (Lipinski definition) is 2. The van der Waals surface area contributed by atoms with Gasteiger partial charge in [-0.3, -0.25) is 0 Å². The fourth-order valence-electron chi connectivity index (χ4n) is 1.82. The lowest BCUT2D eigenvalue weighted by molar-refractivity contribution is 0.0377. The summed E-state index contributed by atoms with van der Waals surface area (Å²) >= 11 is 5.98. The Hall–Kier alpha value is -1.76. The molecule has 1 unspecified atom stereocenters. The second kappa shape index (κ2) is 10.3. The summed E-state index contributed by atoms with van der Waals surface area (Å²) in [7, 11) is 3.16. The highest BCUT2D eigenvalue weighted by atomic mass is 35.5. The number of hydrogen-bond acceptors (Lipinski definition) is 6. The number of halogens is 1. The molecule has 0 aliphatic heterocycles. The molecule has 1 aromatic carbocycles. The Balaban J connectivity index is 2.50. The molecule has 0 aliphatic carbocycles. The number of rotatable bonds is 9. The van der Waals surface area contributed by atoms with Crippen LogP contribution in [0.25, 0.3) is 6.08 Å². The van der Waals surface area contributed by atoms with E-state index >= 15 is 0 Å². The summed E-state index contributed by atoms with van der Waals surface area (Å²) in [4.78, 5) is 5.06. The topological polar surface area (TPSA) is 72.3 Å². The van der Waals surface area contributed by atoms with Crippen LogP contribution in [0.4, 0.5) is 0 Å². The van der Waals surface area contributed by atoms with Gasteiger partial charge in [-0.05, 0) is 44.5 Å². The Bertz CT molecular complexity index is 597. The monoisotopic (exact) mass is 370 g/mol. The summed E-state index contributed by atoms with van der Waals surface area (Å²) < 4.78 is 10.4. The van der Waals surface area contributed by atoms with Crippen molar-refractivity contribution in [3.05, 3.63) is 29.8 Å². The van der Waals surface area contributed by atoms with Gasteiger partial charge in [0.25, 0.3) is 0 Å². The van der Waals surface area contributed by atoms with Gasteiger partial charge < -0.3 is 24.7 Å². The van der Waals surface area contributed by atoms with Crippen molar-refractivity contribution in [2.45, 2.75) is 32.4 Å². The number of aliphatic hydroxyl groups is 1. The third kappa shape index (κ3) is 8.77. The molecule has 1 atom stereocenters. The third-order valence-electron chi connectivity index (χ3n) is 3.11. The van der Waals surface area contributed by atoms with Gasteiger partial charge in [0.2, 0.25) is 0 Å². The molecule has 25 heavy (non-hydrogen) atoms. The summed E-state index contributed by atoms with van der Waals surface area (Å²) in [5, 5.41) is 16.9. The Morgan fingerprint density at radius 2 is 1.96 bits per heavy atom. The molecule has 0 aromatic heterocycles. The van der Waals surface area contributed by atoms with E-state index in [0.29, 0.717) is 18.0 Å². The van der Waals surface area contributed by atoms with Crippen molar-refractivity contribution in [2.24, 2.45) is 5.16 Å². The first-order valence-electron chi connectivity index (χ1n) is 7.94. The van der Waals surface area contributed by atoms with E-state index in [-0.39, 0.29) is 17.3 Å². The zero-order chi connectivity index (χ0) is 18.9. The van der Waals surface area contributed by atoms with E-state index in [9.17, 15) is 5.11 Å². The number of allylic oxidation sites excluding steroid dienone is 1. The van der Waals surface area contributed by atoms with E-state index in [4.69, 9.17) is 25.9 Å². The van der Waals surface area contributed by atoms with Crippen LogP contribution in [0, 0.1) is 0 Å². The smallest absolute Gasteiger partial charge is 0.168 e. The van der Waals surface area contributed by atoms with Crippen molar-refractivity contribution in [3.63, 3.8) is 0 Å². The number of ether oxygens (including phenoxy) is 2. The van der Waals surface area contributed by atoms with Crippen LogP contribution in [-0.2, 0) is 4.84 Å². The van der Waals surface area contributed by atoms with Gasteiger partial charge in [-0.25, -0.2) is 0 Å². The van der Waals surface area contributed by atoms with E-state index in [0.717, 1.165) is 5.56 Å². The number of methoxy groups -OCH3 is 2. The summed E-state index contributed by atoms with van der Waals surface area (Å²) in [6.07, 6.45) is 2.71. The Morgan fingerprint density at radius 1 is 1.28 bits per heavy atom. The molecule has 2 N–H and O–H groups in total. The second-order valence-electron chi connectivity index (χ2n) is 6.44. The zero-order valence-corrected chi connectivity index (χ0v) is 16.1. The molecule has 0 bridgehead atoms. The van der Waals surface area contributed by atoms with Crippen LogP contribution < -0.4 is 14.8 Å². The van der Waals surface area contributed by atoms with E-state index in [1.807, 2.05) is 32.9 Å². The molecule has 0 spiro atoms. The zero-order valence-electron chi connectivity index (χ0n) is 15.4. The van der Waals surface area contributed by atoms with Crippen molar-refractivity contribution < 1.29 is 19.4 Å². The van der Waals surface area contributed by atoms with Crippen molar-refractivity contribution in [2.75, 3.05) is 27.4 Å². The van der Waals surface area contributed by atoms with Crippen LogP contribution >= 0.6 is 11.6 Å². The van der Waals surface area contributed by atoms with Crippen LogP contribution in [0.2, 0.25) is 0 Å². The molecular formula is C18H27ClN2O4. The highest BCUT2D eigenvalue weighted by Gasteiger charge is 2.12. The van der Waals surface area contributed by atoms with Gasteiger partial charge in [0.15, 0.2) is 16.7 Å². The lowest BCUT2D eigenvalue weighted by Gasteiger charge is -2.22. The first-order chi connectivity index (χ1) is 11.7. The highest BCUT2D eigenvalue weighted by molar-refractivity contribution is 6.68. The molecule has 0 fully saturated rings. The second-order valence-corrected chi connectivity index (χ2v) is 6.83. The normalized spacial score (nSPS) is 13.8. The van der Waals surface area contributed by atoms with Gasteiger partial charge in [-0.2, -0.15) is 0 Å². The molecule has 0 saturated heterocycles. The maximum atomic E-state index is 9.80. The molecule has 0 heterocycles. The van der Waals surface area contributed by atoms with Crippen LogP contribution in [0.5, 0.6) is 11.5 Å². The van der Waals surface area contributed by atoms with Crippen molar-refractivity contribution in [3.8, 4) is 11.5 Å². The Labute approximate surface area is 154 Å². The molecule has 0 saturated carbocycles. The fraction of sp³-hybridized carbons (Fsp3) is 0.500. The maximum Gasteiger partial charge on any atom is 0.168 e.